The molecule has 0 spiro atoms. The van der Waals surface area contributed by atoms with Gasteiger partial charge < -0.3 is 5.32 Å². The van der Waals surface area contributed by atoms with Crippen LogP contribution in [0.2, 0.25) is 0 Å². The molecule has 6 heteroatoms. The highest BCUT2D eigenvalue weighted by atomic mass is 16.2. The maximum absolute atomic E-state index is 12.3. The van der Waals surface area contributed by atoms with Gasteiger partial charge in [-0.2, -0.15) is 5.10 Å². The molecule has 0 saturated heterocycles. The number of fused-ring (bicyclic) bond motifs is 1. The Labute approximate surface area is 133 Å². The van der Waals surface area contributed by atoms with Crippen molar-refractivity contribution in [2.24, 2.45) is 0 Å². The molecule has 0 unspecified atom stereocenters. The van der Waals surface area contributed by atoms with E-state index in [1.165, 1.54) is 4.68 Å². The van der Waals surface area contributed by atoms with Crippen molar-refractivity contribution in [1.29, 1.82) is 0 Å². The molecule has 1 aromatic carbocycles. The number of aromatic nitrogens is 3. The van der Waals surface area contributed by atoms with E-state index in [1.807, 2.05) is 32.0 Å². The lowest BCUT2D eigenvalue weighted by Crippen LogP contribution is -2.31. The zero-order valence-corrected chi connectivity index (χ0v) is 13.3. The van der Waals surface area contributed by atoms with Crippen molar-refractivity contribution in [3.05, 3.63) is 63.8 Å². The van der Waals surface area contributed by atoms with Gasteiger partial charge in [0, 0.05) is 11.9 Å². The average Bonchev–Trinajstić information content (AvgIpc) is 2.93. The smallest absolute Gasteiger partial charge is 0.291 e. The molecule has 0 radical (unpaired) electrons. The number of rotatable bonds is 3. The molecule has 118 valence electrons. The summed E-state index contributed by atoms with van der Waals surface area (Å²) in [7, 11) is 0. The van der Waals surface area contributed by atoms with Crippen LogP contribution in [0.15, 0.2) is 41.3 Å². The van der Waals surface area contributed by atoms with E-state index in [4.69, 9.17) is 0 Å². The standard InChI is InChI=1S/C17H18N4O2/c1-11-7-12(2)9-14(8-11)18-16(22)10-21-17(23)15-5-4-6-20(15)13(3)19-21/h4-9H,10H2,1-3H3,(H,18,22). The number of amides is 1. The third-order valence-corrected chi connectivity index (χ3v) is 3.62. The number of hydrogen-bond acceptors (Lipinski definition) is 3. The van der Waals surface area contributed by atoms with Crippen LogP contribution in [0, 0.1) is 20.8 Å². The molecule has 0 fully saturated rings. The first-order valence-electron chi connectivity index (χ1n) is 7.37. The Bertz CT molecular complexity index is 933. The molecule has 0 aliphatic carbocycles. The van der Waals surface area contributed by atoms with Crippen LogP contribution >= 0.6 is 0 Å². The number of hydrogen-bond donors (Lipinski definition) is 1. The Morgan fingerprint density at radius 1 is 1.17 bits per heavy atom. The molecule has 2 aromatic heterocycles. The van der Waals surface area contributed by atoms with Gasteiger partial charge in [0.2, 0.25) is 5.91 Å². The maximum atomic E-state index is 12.3. The van der Waals surface area contributed by atoms with Gasteiger partial charge in [-0.3, -0.25) is 14.0 Å². The van der Waals surface area contributed by atoms with E-state index < -0.39 is 0 Å². The van der Waals surface area contributed by atoms with Gasteiger partial charge in [0.05, 0.1) is 0 Å². The first kappa shape index (κ1) is 15.0. The minimum absolute atomic E-state index is 0.117. The van der Waals surface area contributed by atoms with Gasteiger partial charge in [-0.25, -0.2) is 4.68 Å². The van der Waals surface area contributed by atoms with Gasteiger partial charge in [0.15, 0.2) is 0 Å². The van der Waals surface area contributed by atoms with Gasteiger partial charge in [0.1, 0.15) is 17.9 Å². The summed E-state index contributed by atoms with van der Waals surface area (Å²) in [6, 6.07) is 9.32. The Kier molecular flexibility index (Phi) is 3.73. The Morgan fingerprint density at radius 2 is 1.87 bits per heavy atom. The molecule has 1 amide bonds. The van der Waals surface area contributed by atoms with Crippen molar-refractivity contribution in [2.45, 2.75) is 27.3 Å². The Hall–Kier alpha value is -2.89. The second kappa shape index (κ2) is 5.72. The Balaban J connectivity index is 1.85. The highest BCUT2D eigenvalue weighted by Crippen LogP contribution is 2.13. The predicted molar refractivity (Wildman–Crippen MR) is 88.7 cm³/mol. The summed E-state index contributed by atoms with van der Waals surface area (Å²) < 4.78 is 2.91. The highest BCUT2D eigenvalue weighted by molar-refractivity contribution is 5.90. The summed E-state index contributed by atoms with van der Waals surface area (Å²) in [6.45, 7) is 5.62. The summed E-state index contributed by atoms with van der Waals surface area (Å²) in [5, 5.41) is 7.01. The van der Waals surface area contributed by atoms with E-state index in [0.717, 1.165) is 16.8 Å². The fraction of sp³-hybridized carbons (Fsp3) is 0.235. The molecule has 23 heavy (non-hydrogen) atoms. The molecule has 0 aliphatic rings. The van der Waals surface area contributed by atoms with Crippen LogP contribution in [0.25, 0.3) is 5.52 Å². The molecule has 3 aromatic rings. The normalized spacial score (nSPS) is 10.9. The topological polar surface area (TPSA) is 68.4 Å². The number of anilines is 1. The van der Waals surface area contributed by atoms with Gasteiger partial charge in [-0.1, -0.05) is 6.07 Å². The summed E-state index contributed by atoms with van der Waals surface area (Å²) in [5.41, 5.74) is 3.09. The van der Waals surface area contributed by atoms with E-state index in [1.54, 1.807) is 29.7 Å². The quantitative estimate of drug-likeness (QED) is 0.805. The molecule has 0 atom stereocenters. The number of nitrogens with zero attached hydrogens (tertiary/aromatic N) is 3. The number of aryl methyl sites for hydroxylation is 3. The van der Waals surface area contributed by atoms with Gasteiger partial charge >= 0.3 is 0 Å². The fourth-order valence-electron chi connectivity index (χ4n) is 2.73. The zero-order valence-electron chi connectivity index (χ0n) is 13.3. The summed E-state index contributed by atoms with van der Waals surface area (Å²) in [5.74, 6) is 0.378. The van der Waals surface area contributed by atoms with Crippen LogP contribution in [-0.2, 0) is 11.3 Å². The predicted octanol–water partition coefficient (Wildman–Crippen LogP) is 2.06. The van der Waals surface area contributed by atoms with Crippen molar-refractivity contribution in [1.82, 2.24) is 14.2 Å². The van der Waals surface area contributed by atoms with Crippen molar-refractivity contribution >= 4 is 17.1 Å². The van der Waals surface area contributed by atoms with Crippen LogP contribution in [0.4, 0.5) is 5.69 Å². The summed E-state index contributed by atoms with van der Waals surface area (Å²) in [4.78, 5) is 24.6. The van der Waals surface area contributed by atoms with E-state index in [0.29, 0.717) is 11.3 Å². The van der Waals surface area contributed by atoms with Crippen LogP contribution in [0.3, 0.4) is 0 Å². The maximum Gasteiger partial charge on any atom is 0.291 e. The second-order valence-electron chi connectivity index (χ2n) is 5.70. The summed E-state index contributed by atoms with van der Waals surface area (Å²) in [6.07, 6.45) is 1.78. The number of carbonyl (C=O) groups excluding carboxylic acids is 1. The fourth-order valence-corrected chi connectivity index (χ4v) is 2.73. The minimum atomic E-state index is -0.281. The average molecular weight is 310 g/mol. The largest absolute Gasteiger partial charge is 0.324 e. The van der Waals surface area contributed by atoms with Gasteiger partial charge in [-0.05, 0) is 56.2 Å². The van der Waals surface area contributed by atoms with Crippen LogP contribution in [0.5, 0.6) is 0 Å². The molecule has 0 saturated carbocycles. The molecular formula is C17H18N4O2. The zero-order chi connectivity index (χ0) is 16.6. The molecule has 1 N–H and O–H groups in total. The third kappa shape index (κ3) is 3.01. The third-order valence-electron chi connectivity index (χ3n) is 3.62. The minimum Gasteiger partial charge on any atom is -0.324 e. The molecule has 3 rings (SSSR count). The number of nitrogens with one attached hydrogen (secondary N) is 1. The molecule has 0 aliphatic heterocycles. The van der Waals surface area contributed by atoms with E-state index in [-0.39, 0.29) is 18.0 Å². The summed E-state index contributed by atoms with van der Waals surface area (Å²) >= 11 is 0. The van der Waals surface area contributed by atoms with Gasteiger partial charge in [0.25, 0.3) is 5.56 Å². The molecular weight excluding hydrogens is 292 g/mol. The molecule has 6 nitrogen and oxygen atoms in total. The number of benzene rings is 1. The van der Waals surface area contributed by atoms with Gasteiger partial charge in [-0.15, -0.1) is 0 Å². The SMILES string of the molecule is Cc1cc(C)cc(NC(=O)Cn2nc(C)n3cccc3c2=O)c1. The lowest BCUT2D eigenvalue weighted by atomic mass is 10.1. The Morgan fingerprint density at radius 3 is 2.57 bits per heavy atom. The highest BCUT2D eigenvalue weighted by Gasteiger charge is 2.11. The van der Waals surface area contributed by atoms with Crippen LogP contribution in [0.1, 0.15) is 17.0 Å². The first-order valence-corrected chi connectivity index (χ1v) is 7.37. The monoisotopic (exact) mass is 310 g/mol. The van der Waals surface area contributed by atoms with Crippen molar-refractivity contribution in [2.75, 3.05) is 5.32 Å². The van der Waals surface area contributed by atoms with E-state index >= 15 is 0 Å². The second-order valence-corrected chi connectivity index (χ2v) is 5.70. The first-order chi connectivity index (χ1) is 10.9. The lowest BCUT2D eigenvalue weighted by molar-refractivity contribution is -0.117. The van der Waals surface area contributed by atoms with Crippen LogP contribution in [-0.4, -0.2) is 20.1 Å². The van der Waals surface area contributed by atoms with Crippen molar-refractivity contribution in [3.63, 3.8) is 0 Å². The lowest BCUT2D eigenvalue weighted by Gasteiger charge is -2.10. The van der Waals surface area contributed by atoms with Crippen molar-refractivity contribution in [3.8, 4) is 0 Å². The van der Waals surface area contributed by atoms with E-state index in [9.17, 15) is 9.59 Å². The van der Waals surface area contributed by atoms with Crippen LogP contribution < -0.4 is 10.9 Å². The molecule has 2 heterocycles. The molecule has 0 bridgehead atoms. The van der Waals surface area contributed by atoms with Crippen molar-refractivity contribution < 1.29 is 4.79 Å². The number of carbonyl (C=O) groups is 1. The van der Waals surface area contributed by atoms with E-state index in [2.05, 4.69) is 10.4 Å².